The van der Waals surface area contributed by atoms with Gasteiger partial charge in [0.1, 0.15) is 6.04 Å². The summed E-state index contributed by atoms with van der Waals surface area (Å²) in [6.07, 6.45) is 3.39. The van der Waals surface area contributed by atoms with E-state index in [2.05, 4.69) is 11.8 Å². The Hall–Kier alpha value is -1.50. The first-order valence-electron chi connectivity index (χ1n) is 6.21. The highest BCUT2D eigenvalue weighted by Crippen LogP contribution is 2.28. The van der Waals surface area contributed by atoms with Crippen LogP contribution in [0.4, 0.5) is 0 Å². The fraction of sp³-hybridized carbons (Fsp3) is 0.692. The van der Waals surface area contributed by atoms with Gasteiger partial charge < -0.3 is 10.6 Å². The third kappa shape index (κ3) is 2.79. The molecule has 0 aromatic heterocycles. The third-order valence-corrected chi connectivity index (χ3v) is 3.32. The highest BCUT2D eigenvalue weighted by Gasteiger charge is 2.35. The van der Waals surface area contributed by atoms with E-state index in [0.29, 0.717) is 25.3 Å². The molecule has 17 heavy (non-hydrogen) atoms. The topological polar surface area (TPSA) is 63.4 Å². The first-order chi connectivity index (χ1) is 8.11. The molecule has 1 saturated heterocycles. The number of amides is 2. The van der Waals surface area contributed by atoms with Crippen LogP contribution in [0.5, 0.6) is 0 Å². The summed E-state index contributed by atoms with van der Waals surface area (Å²) in [5.41, 5.74) is 5.30. The molecule has 4 heteroatoms. The molecule has 2 N–H and O–H groups in total. The van der Waals surface area contributed by atoms with Gasteiger partial charge in [-0.15, -0.1) is 0 Å². The van der Waals surface area contributed by atoms with E-state index >= 15 is 0 Å². The van der Waals surface area contributed by atoms with Crippen LogP contribution in [0.25, 0.3) is 0 Å². The van der Waals surface area contributed by atoms with E-state index in [0.717, 1.165) is 0 Å². The molecule has 0 aromatic rings. The molecule has 1 heterocycles. The average molecular weight is 234 g/mol. The highest BCUT2D eigenvalue weighted by atomic mass is 16.2. The maximum atomic E-state index is 11.8. The number of hydrogen-bond donors (Lipinski definition) is 1. The molecule has 0 radical (unpaired) electrons. The van der Waals surface area contributed by atoms with Gasteiger partial charge in [-0.05, 0) is 19.3 Å². The third-order valence-electron chi connectivity index (χ3n) is 3.32. The van der Waals surface area contributed by atoms with Gasteiger partial charge in [0.05, 0.1) is 0 Å². The zero-order valence-corrected chi connectivity index (χ0v) is 10.1. The van der Waals surface area contributed by atoms with Crippen molar-refractivity contribution in [2.45, 2.75) is 38.6 Å². The summed E-state index contributed by atoms with van der Waals surface area (Å²) in [5.74, 6) is 6.56. The van der Waals surface area contributed by atoms with Gasteiger partial charge in [-0.25, -0.2) is 0 Å². The largest absolute Gasteiger partial charge is 0.368 e. The zero-order chi connectivity index (χ0) is 12.4. The van der Waals surface area contributed by atoms with Gasteiger partial charge in [0.25, 0.3) is 0 Å². The van der Waals surface area contributed by atoms with Gasteiger partial charge in [-0.2, -0.15) is 0 Å². The van der Waals surface area contributed by atoms with Crippen LogP contribution in [0.3, 0.4) is 0 Å². The van der Waals surface area contributed by atoms with Gasteiger partial charge in [0.2, 0.25) is 11.8 Å². The van der Waals surface area contributed by atoms with E-state index in [9.17, 15) is 9.59 Å². The molecular weight excluding hydrogens is 216 g/mol. The Bertz CT molecular complexity index is 390. The standard InChI is InChI=1S/C13H18N2O2/c1-2-11(13(14)17)15-8-10(7-12(15)16)6-5-9-3-4-9/h9-11H,2-4,7-8H2,1H3,(H2,14,17)/t10?,11-/m0/s1. The number of hydrogen-bond acceptors (Lipinski definition) is 2. The molecule has 0 spiro atoms. The molecule has 2 amide bonds. The van der Waals surface area contributed by atoms with E-state index < -0.39 is 11.9 Å². The maximum Gasteiger partial charge on any atom is 0.240 e. The minimum absolute atomic E-state index is 0.00532. The normalized spacial score (nSPS) is 25.4. The zero-order valence-electron chi connectivity index (χ0n) is 10.1. The molecule has 1 aliphatic heterocycles. The molecular formula is C13H18N2O2. The number of carbonyl (C=O) groups excluding carboxylic acids is 2. The first-order valence-corrected chi connectivity index (χ1v) is 6.21. The Balaban J connectivity index is 1.99. The van der Waals surface area contributed by atoms with Crippen LogP contribution in [0.1, 0.15) is 32.6 Å². The number of likely N-dealkylation sites (tertiary alicyclic amines) is 1. The van der Waals surface area contributed by atoms with Crippen LogP contribution in [0.2, 0.25) is 0 Å². The summed E-state index contributed by atoms with van der Waals surface area (Å²) < 4.78 is 0. The number of carbonyl (C=O) groups is 2. The van der Waals surface area contributed by atoms with Crippen molar-refractivity contribution in [3.63, 3.8) is 0 Å². The number of rotatable bonds is 3. The molecule has 2 aliphatic rings. The monoisotopic (exact) mass is 234 g/mol. The van der Waals surface area contributed by atoms with Crippen molar-refractivity contribution in [1.82, 2.24) is 4.90 Å². The molecule has 0 aromatic carbocycles. The van der Waals surface area contributed by atoms with Crippen LogP contribution in [-0.2, 0) is 9.59 Å². The maximum absolute atomic E-state index is 11.8. The van der Waals surface area contributed by atoms with Crippen LogP contribution in [0.15, 0.2) is 0 Å². The summed E-state index contributed by atoms with van der Waals surface area (Å²) in [5, 5.41) is 0. The van der Waals surface area contributed by atoms with Crippen molar-refractivity contribution in [3.8, 4) is 11.8 Å². The Labute approximate surface area is 102 Å². The van der Waals surface area contributed by atoms with E-state index in [-0.39, 0.29) is 11.8 Å². The van der Waals surface area contributed by atoms with Crippen molar-refractivity contribution in [2.75, 3.05) is 6.54 Å². The van der Waals surface area contributed by atoms with Gasteiger partial charge in [0.15, 0.2) is 0 Å². The highest BCUT2D eigenvalue weighted by molar-refractivity contribution is 5.88. The molecule has 0 bridgehead atoms. The second-order valence-electron chi connectivity index (χ2n) is 4.84. The molecule has 2 fully saturated rings. The summed E-state index contributed by atoms with van der Waals surface area (Å²) in [6, 6.07) is -0.463. The van der Waals surface area contributed by atoms with Gasteiger partial charge in [-0.1, -0.05) is 18.8 Å². The lowest BCUT2D eigenvalue weighted by Gasteiger charge is -2.23. The molecule has 92 valence electrons. The predicted octanol–water partition coefficient (Wildman–Crippen LogP) is 0.512. The Kier molecular flexibility index (Phi) is 3.37. The van der Waals surface area contributed by atoms with E-state index in [4.69, 9.17) is 5.73 Å². The summed E-state index contributed by atoms with van der Waals surface area (Å²) in [7, 11) is 0. The summed E-state index contributed by atoms with van der Waals surface area (Å²) >= 11 is 0. The van der Waals surface area contributed by atoms with Crippen molar-refractivity contribution >= 4 is 11.8 Å². The van der Waals surface area contributed by atoms with Crippen LogP contribution in [-0.4, -0.2) is 29.3 Å². The summed E-state index contributed by atoms with van der Waals surface area (Å²) in [6.45, 7) is 2.42. The fourth-order valence-corrected chi connectivity index (χ4v) is 2.17. The van der Waals surface area contributed by atoms with Gasteiger partial charge in [-0.3, -0.25) is 9.59 Å². The number of primary amides is 1. The SMILES string of the molecule is CC[C@@H](C(N)=O)N1CC(C#CC2CC2)CC1=O. The molecule has 1 aliphatic carbocycles. The molecule has 4 nitrogen and oxygen atoms in total. The van der Waals surface area contributed by atoms with Crippen LogP contribution in [0, 0.1) is 23.7 Å². The van der Waals surface area contributed by atoms with E-state index in [1.54, 1.807) is 4.90 Å². The van der Waals surface area contributed by atoms with Crippen LogP contribution < -0.4 is 5.73 Å². The number of nitrogens with zero attached hydrogens (tertiary/aromatic N) is 1. The van der Waals surface area contributed by atoms with Crippen molar-refractivity contribution in [3.05, 3.63) is 0 Å². The van der Waals surface area contributed by atoms with Crippen molar-refractivity contribution in [1.29, 1.82) is 0 Å². The van der Waals surface area contributed by atoms with E-state index in [1.807, 2.05) is 6.92 Å². The lowest BCUT2D eigenvalue weighted by atomic mass is 10.1. The van der Waals surface area contributed by atoms with Gasteiger partial charge >= 0.3 is 0 Å². The second-order valence-corrected chi connectivity index (χ2v) is 4.84. The van der Waals surface area contributed by atoms with E-state index in [1.165, 1.54) is 12.8 Å². The quantitative estimate of drug-likeness (QED) is 0.723. The van der Waals surface area contributed by atoms with Gasteiger partial charge in [0, 0.05) is 24.8 Å². The Morgan fingerprint density at radius 2 is 2.12 bits per heavy atom. The minimum atomic E-state index is -0.463. The molecule has 2 atom stereocenters. The molecule has 2 rings (SSSR count). The number of nitrogens with two attached hydrogens (primary N) is 1. The lowest BCUT2D eigenvalue weighted by molar-refractivity contribution is -0.136. The Morgan fingerprint density at radius 3 is 2.65 bits per heavy atom. The minimum Gasteiger partial charge on any atom is -0.368 e. The smallest absolute Gasteiger partial charge is 0.240 e. The average Bonchev–Trinajstić information content (AvgIpc) is 3.02. The van der Waals surface area contributed by atoms with Crippen molar-refractivity contribution in [2.24, 2.45) is 17.6 Å². The summed E-state index contributed by atoms with van der Waals surface area (Å²) in [4.78, 5) is 24.6. The predicted molar refractivity (Wildman–Crippen MR) is 63.6 cm³/mol. The Morgan fingerprint density at radius 1 is 1.47 bits per heavy atom. The molecule has 1 unspecified atom stereocenters. The fourth-order valence-electron chi connectivity index (χ4n) is 2.17. The second kappa shape index (κ2) is 4.79. The molecule has 1 saturated carbocycles. The first kappa shape index (κ1) is 12.0. The van der Waals surface area contributed by atoms with Crippen LogP contribution >= 0.6 is 0 Å². The lowest BCUT2D eigenvalue weighted by Crippen LogP contribution is -2.45. The van der Waals surface area contributed by atoms with Crippen molar-refractivity contribution < 1.29 is 9.59 Å².